The third-order valence-corrected chi connectivity index (χ3v) is 3.39. The van der Waals surface area contributed by atoms with Gasteiger partial charge in [-0.1, -0.05) is 12.1 Å². The van der Waals surface area contributed by atoms with E-state index in [0.29, 0.717) is 5.56 Å². The second-order valence-corrected chi connectivity index (χ2v) is 5.30. The Kier molecular flexibility index (Phi) is 2.91. The fourth-order valence-electron chi connectivity index (χ4n) is 1.62. The Morgan fingerprint density at radius 2 is 2.00 bits per heavy atom. The molecular weight excluding hydrogens is 259 g/mol. The normalized spacial score (nSPS) is 11.8. The van der Waals surface area contributed by atoms with E-state index < -0.39 is 21.0 Å². The van der Waals surface area contributed by atoms with Crippen LogP contribution in [0.3, 0.4) is 0 Å². The lowest BCUT2D eigenvalue weighted by atomic mass is 10.1. The van der Waals surface area contributed by atoms with Crippen LogP contribution in [0.2, 0.25) is 0 Å². The van der Waals surface area contributed by atoms with E-state index in [9.17, 15) is 12.8 Å². The fourth-order valence-corrected chi connectivity index (χ4v) is 2.24. The van der Waals surface area contributed by atoms with Gasteiger partial charge in [-0.25, -0.2) is 17.9 Å². The molecule has 0 spiro atoms. The van der Waals surface area contributed by atoms with E-state index in [2.05, 4.69) is 10.2 Å². The maximum absolute atomic E-state index is 13.9. The average molecular weight is 270 g/mol. The van der Waals surface area contributed by atoms with Gasteiger partial charge >= 0.3 is 0 Å². The molecule has 6 nitrogen and oxygen atoms in total. The molecule has 0 unspecified atom stereocenters. The second-order valence-electron chi connectivity index (χ2n) is 3.85. The summed E-state index contributed by atoms with van der Waals surface area (Å²) in [5, 5.41) is 11.7. The van der Waals surface area contributed by atoms with Gasteiger partial charge in [0, 0.05) is 7.05 Å². The zero-order valence-corrected chi connectivity index (χ0v) is 10.6. The number of primary sulfonamides is 1. The monoisotopic (exact) mass is 270 g/mol. The van der Waals surface area contributed by atoms with Gasteiger partial charge in [0.2, 0.25) is 0 Å². The van der Waals surface area contributed by atoms with Gasteiger partial charge < -0.3 is 0 Å². The molecular formula is C10H11FN4O2S. The molecule has 0 radical (unpaired) electrons. The first-order valence-corrected chi connectivity index (χ1v) is 6.54. The Morgan fingerprint density at radius 1 is 1.33 bits per heavy atom. The number of aromatic nitrogens is 3. The van der Waals surface area contributed by atoms with Crippen LogP contribution >= 0.6 is 0 Å². The molecule has 1 aromatic heterocycles. The Bertz CT molecular complexity index is 709. The van der Waals surface area contributed by atoms with Crippen molar-refractivity contribution in [2.75, 3.05) is 0 Å². The lowest BCUT2D eigenvalue weighted by molar-refractivity contribution is 0.579. The molecule has 96 valence electrons. The highest BCUT2D eigenvalue weighted by Gasteiger charge is 2.21. The summed E-state index contributed by atoms with van der Waals surface area (Å²) in [6, 6.07) is 4.76. The lowest BCUT2D eigenvalue weighted by Crippen LogP contribution is -2.17. The van der Waals surface area contributed by atoms with Crippen LogP contribution in [0.1, 0.15) is 5.56 Å². The molecule has 0 atom stereocenters. The minimum atomic E-state index is -3.98. The molecule has 8 heteroatoms. The summed E-state index contributed by atoms with van der Waals surface area (Å²) < 4.78 is 37.5. The first-order chi connectivity index (χ1) is 8.32. The number of sulfonamides is 1. The van der Waals surface area contributed by atoms with Crippen LogP contribution in [0.25, 0.3) is 11.4 Å². The summed E-state index contributed by atoms with van der Waals surface area (Å²) >= 11 is 0. The van der Waals surface area contributed by atoms with Crippen molar-refractivity contribution in [1.29, 1.82) is 0 Å². The van der Waals surface area contributed by atoms with Crippen molar-refractivity contribution in [3.05, 3.63) is 29.6 Å². The van der Waals surface area contributed by atoms with Crippen molar-refractivity contribution in [2.45, 2.75) is 12.1 Å². The SMILES string of the molecule is Cc1cccc(-c2nnc(S(N)(=O)=O)n2C)c1F. The van der Waals surface area contributed by atoms with E-state index in [0.717, 1.165) is 4.57 Å². The zero-order chi connectivity index (χ0) is 13.5. The van der Waals surface area contributed by atoms with Crippen LogP contribution in [0.15, 0.2) is 23.4 Å². The fraction of sp³-hybridized carbons (Fsp3) is 0.200. The highest BCUT2D eigenvalue weighted by molar-refractivity contribution is 7.89. The van der Waals surface area contributed by atoms with E-state index in [1.165, 1.54) is 13.1 Å². The minimum Gasteiger partial charge on any atom is -0.300 e. The van der Waals surface area contributed by atoms with E-state index in [1.54, 1.807) is 19.1 Å². The minimum absolute atomic E-state index is 0.111. The van der Waals surface area contributed by atoms with Gasteiger partial charge in [-0.2, -0.15) is 0 Å². The molecule has 0 aliphatic rings. The number of benzene rings is 1. The highest BCUT2D eigenvalue weighted by Crippen LogP contribution is 2.23. The van der Waals surface area contributed by atoms with Gasteiger partial charge in [-0.15, -0.1) is 10.2 Å². The summed E-state index contributed by atoms with van der Waals surface area (Å²) in [7, 11) is -2.56. The van der Waals surface area contributed by atoms with Crippen molar-refractivity contribution in [1.82, 2.24) is 14.8 Å². The summed E-state index contributed by atoms with van der Waals surface area (Å²) in [6.45, 7) is 1.61. The molecule has 0 aliphatic heterocycles. The van der Waals surface area contributed by atoms with Gasteiger partial charge in [0.05, 0.1) is 5.56 Å². The van der Waals surface area contributed by atoms with Gasteiger partial charge in [-0.05, 0) is 18.6 Å². The number of rotatable bonds is 2. The van der Waals surface area contributed by atoms with Crippen molar-refractivity contribution >= 4 is 10.0 Å². The molecule has 2 rings (SSSR count). The van der Waals surface area contributed by atoms with Crippen molar-refractivity contribution in [3.63, 3.8) is 0 Å². The first-order valence-electron chi connectivity index (χ1n) is 5.00. The predicted octanol–water partition coefficient (Wildman–Crippen LogP) is 0.577. The largest absolute Gasteiger partial charge is 0.300 e. The van der Waals surface area contributed by atoms with Gasteiger partial charge in [0.25, 0.3) is 15.2 Å². The van der Waals surface area contributed by atoms with Crippen LogP contribution < -0.4 is 5.14 Å². The first kappa shape index (κ1) is 12.7. The van der Waals surface area contributed by atoms with Crippen LogP contribution in [0, 0.1) is 12.7 Å². The quantitative estimate of drug-likeness (QED) is 0.864. The van der Waals surface area contributed by atoms with Crippen LogP contribution in [-0.2, 0) is 17.1 Å². The number of halogens is 1. The number of nitrogens with two attached hydrogens (primary N) is 1. The predicted molar refractivity (Wildman–Crippen MR) is 62.5 cm³/mol. The molecule has 2 aromatic rings. The molecule has 0 fully saturated rings. The molecule has 0 aliphatic carbocycles. The smallest absolute Gasteiger partial charge is 0.273 e. The van der Waals surface area contributed by atoms with Gasteiger partial charge in [0.15, 0.2) is 5.82 Å². The van der Waals surface area contributed by atoms with Crippen LogP contribution in [-0.4, -0.2) is 23.2 Å². The lowest BCUT2D eigenvalue weighted by Gasteiger charge is -2.05. The molecule has 1 heterocycles. The standard InChI is InChI=1S/C10H11FN4O2S/c1-6-4-3-5-7(8(6)11)9-13-14-10(15(9)2)18(12,16)17/h3-5H,1-2H3,(H2,12,16,17). The number of nitrogens with zero attached hydrogens (tertiary/aromatic N) is 3. The molecule has 0 saturated heterocycles. The third-order valence-electron chi connectivity index (χ3n) is 2.52. The molecule has 2 N–H and O–H groups in total. The van der Waals surface area contributed by atoms with Gasteiger partial charge in [-0.3, -0.25) is 4.57 Å². The highest BCUT2D eigenvalue weighted by atomic mass is 32.2. The van der Waals surface area contributed by atoms with E-state index in [4.69, 9.17) is 5.14 Å². The molecule has 0 saturated carbocycles. The van der Waals surface area contributed by atoms with E-state index in [-0.39, 0.29) is 11.4 Å². The molecule has 0 amide bonds. The average Bonchev–Trinajstić information content (AvgIpc) is 2.64. The van der Waals surface area contributed by atoms with E-state index >= 15 is 0 Å². The maximum atomic E-state index is 13.9. The Balaban J connectivity index is 2.67. The third kappa shape index (κ3) is 2.00. The number of aryl methyl sites for hydroxylation is 1. The zero-order valence-electron chi connectivity index (χ0n) is 9.75. The molecule has 18 heavy (non-hydrogen) atoms. The molecule has 1 aromatic carbocycles. The van der Waals surface area contributed by atoms with Crippen molar-refractivity contribution < 1.29 is 12.8 Å². The van der Waals surface area contributed by atoms with Crippen LogP contribution in [0.5, 0.6) is 0 Å². The Morgan fingerprint density at radius 3 is 2.56 bits per heavy atom. The van der Waals surface area contributed by atoms with Gasteiger partial charge in [0.1, 0.15) is 5.82 Å². The van der Waals surface area contributed by atoms with Crippen LogP contribution in [0.4, 0.5) is 4.39 Å². The maximum Gasteiger partial charge on any atom is 0.273 e. The summed E-state index contributed by atoms with van der Waals surface area (Å²) in [6.07, 6.45) is 0. The van der Waals surface area contributed by atoms with E-state index in [1.807, 2.05) is 0 Å². The summed E-state index contributed by atoms with van der Waals surface area (Å²) in [4.78, 5) is 0. The van der Waals surface area contributed by atoms with Crippen molar-refractivity contribution in [2.24, 2.45) is 12.2 Å². The number of hydrogen-bond acceptors (Lipinski definition) is 4. The second kappa shape index (κ2) is 4.14. The summed E-state index contributed by atoms with van der Waals surface area (Å²) in [5.41, 5.74) is 0.618. The Hall–Kier alpha value is -1.80. The summed E-state index contributed by atoms with van der Waals surface area (Å²) in [5.74, 6) is -0.353. The Labute approximate surface area is 103 Å². The van der Waals surface area contributed by atoms with Crippen molar-refractivity contribution in [3.8, 4) is 11.4 Å². The molecule has 0 bridgehead atoms. The number of hydrogen-bond donors (Lipinski definition) is 1. The topological polar surface area (TPSA) is 90.9 Å².